The van der Waals surface area contributed by atoms with E-state index in [4.69, 9.17) is 16.3 Å². The summed E-state index contributed by atoms with van der Waals surface area (Å²) in [5.41, 5.74) is 1.05. The minimum absolute atomic E-state index is 0.0726. The van der Waals surface area contributed by atoms with Gasteiger partial charge < -0.3 is 15.4 Å². The standard InChI is InChI=1S/C16H26ClN3O/c1-11(2)12(3)20-16(18-4)19-10-15(21-5)13-7-6-8-14(17)9-13/h6-9,11-12,15H,10H2,1-5H3,(H2,18,19,20). The number of ether oxygens (including phenoxy) is 1. The van der Waals surface area contributed by atoms with Gasteiger partial charge in [0.2, 0.25) is 0 Å². The van der Waals surface area contributed by atoms with E-state index in [9.17, 15) is 0 Å². The van der Waals surface area contributed by atoms with Crippen LogP contribution in [0.4, 0.5) is 0 Å². The Morgan fingerprint density at radius 2 is 2.05 bits per heavy atom. The van der Waals surface area contributed by atoms with Gasteiger partial charge in [0.25, 0.3) is 0 Å². The molecule has 2 N–H and O–H groups in total. The Morgan fingerprint density at radius 1 is 1.33 bits per heavy atom. The van der Waals surface area contributed by atoms with Gasteiger partial charge in [-0.05, 0) is 30.5 Å². The number of hydrogen-bond donors (Lipinski definition) is 2. The fourth-order valence-electron chi connectivity index (χ4n) is 1.81. The van der Waals surface area contributed by atoms with Crippen LogP contribution in [-0.4, -0.2) is 32.7 Å². The fourth-order valence-corrected chi connectivity index (χ4v) is 2.01. The molecule has 2 atom stereocenters. The zero-order valence-corrected chi connectivity index (χ0v) is 14.2. The number of guanidine groups is 1. The summed E-state index contributed by atoms with van der Waals surface area (Å²) in [7, 11) is 3.46. The molecule has 0 spiro atoms. The zero-order valence-electron chi connectivity index (χ0n) is 13.5. The highest BCUT2D eigenvalue weighted by atomic mass is 35.5. The minimum Gasteiger partial charge on any atom is -0.375 e. The zero-order chi connectivity index (χ0) is 15.8. The first-order valence-corrected chi connectivity index (χ1v) is 7.61. The van der Waals surface area contributed by atoms with Gasteiger partial charge in [-0.3, -0.25) is 4.99 Å². The predicted octanol–water partition coefficient (Wildman–Crippen LogP) is 3.24. The summed E-state index contributed by atoms with van der Waals surface area (Å²) in [5, 5.41) is 7.37. The van der Waals surface area contributed by atoms with Gasteiger partial charge in [0, 0.05) is 31.8 Å². The third kappa shape index (κ3) is 5.94. The van der Waals surface area contributed by atoms with Crippen molar-refractivity contribution in [3.63, 3.8) is 0 Å². The Balaban J connectivity index is 2.62. The highest BCUT2D eigenvalue weighted by molar-refractivity contribution is 6.30. The number of nitrogens with zero attached hydrogens (tertiary/aromatic N) is 1. The van der Waals surface area contributed by atoms with Crippen LogP contribution >= 0.6 is 11.6 Å². The number of methoxy groups -OCH3 is 1. The number of hydrogen-bond acceptors (Lipinski definition) is 2. The maximum Gasteiger partial charge on any atom is 0.191 e. The van der Waals surface area contributed by atoms with Crippen LogP contribution in [-0.2, 0) is 4.74 Å². The van der Waals surface area contributed by atoms with Crippen molar-refractivity contribution < 1.29 is 4.74 Å². The number of benzene rings is 1. The molecule has 4 nitrogen and oxygen atoms in total. The predicted molar refractivity (Wildman–Crippen MR) is 90.0 cm³/mol. The monoisotopic (exact) mass is 311 g/mol. The molecule has 118 valence electrons. The lowest BCUT2D eigenvalue weighted by atomic mass is 10.1. The Labute approximate surface area is 132 Å². The second-order valence-electron chi connectivity index (χ2n) is 5.41. The summed E-state index contributed by atoms with van der Waals surface area (Å²) >= 11 is 6.03. The highest BCUT2D eigenvalue weighted by Crippen LogP contribution is 2.19. The lowest BCUT2D eigenvalue weighted by Crippen LogP contribution is -2.45. The summed E-state index contributed by atoms with van der Waals surface area (Å²) in [4.78, 5) is 4.24. The van der Waals surface area contributed by atoms with Gasteiger partial charge in [-0.15, -0.1) is 0 Å². The molecular formula is C16H26ClN3O. The second kappa shape index (κ2) is 8.90. The Morgan fingerprint density at radius 3 is 2.57 bits per heavy atom. The maximum atomic E-state index is 6.03. The van der Waals surface area contributed by atoms with E-state index in [1.54, 1.807) is 14.2 Å². The molecule has 0 amide bonds. The first-order valence-electron chi connectivity index (χ1n) is 7.23. The molecule has 1 aromatic carbocycles. The average Bonchev–Trinajstić information content (AvgIpc) is 2.46. The van der Waals surface area contributed by atoms with Crippen molar-refractivity contribution in [2.24, 2.45) is 10.9 Å². The van der Waals surface area contributed by atoms with Crippen molar-refractivity contribution >= 4 is 17.6 Å². The van der Waals surface area contributed by atoms with Crippen LogP contribution in [0.25, 0.3) is 0 Å². The lowest BCUT2D eigenvalue weighted by molar-refractivity contribution is 0.106. The number of halogens is 1. The van der Waals surface area contributed by atoms with Gasteiger partial charge in [0.05, 0.1) is 6.10 Å². The molecule has 21 heavy (non-hydrogen) atoms. The molecule has 0 bridgehead atoms. The van der Waals surface area contributed by atoms with E-state index in [2.05, 4.69) is 36.4 Å². The average molecular weight is 312 g/mol. The first-order chi connectivity index (χ1) is 9.97. The quantitative estimate of drug-likeness (QED) is 0.626. The molecule has 0 saturated heterocycles. The van der Waals surface area contributed by atoms with Gasteiger partial charge in [0.15, 0.2) is 5.96 Å². The summed E-state index contributed by atoms with van der Waals surface area (Å²) in [6.07, 6.45) is -0.0726. The van der Waals surface area contributed by atoms with Crippen LogP contribution in [0.5, 0.6) is 0 Å². The Kier molecular flexibility index (Phi) is 7.54. The van der Waals surface area contributed by atoms with Crippen LogP contribution in [0, 0.1) is 5.92 Å². The number of rotatable bonds is 6. The Bertz CT molecular complexity index is 463. The molecule has 1 aromatic rings. The summed E-state index contributed by atoms with van der Waals surface area (Å²) in [6, 6.07) is 8.07. The van der Waals surface area contributed by atoms with E-state index in [-0.39, 0.29) is 6.10 Å². The molecule has 0 aliphatic heterocycles. The third-order valence-electron chi connectivity index (χ3n) is 3.55. The summed E-state index contributed by atoms with van der Waals surface area (Å²) in [6.45, 7) is 7.12. The van der Waals surface area contributed by atoms with E-state index in [1.807, 2.05) is 24.3 Å². The van der Waals surface area contributed by atoms with E-state index in [1.165, 1.54) is 0 Å². The van der Waals surface area contributed by atoms with Crippen molar-refractivity contribution in [1.82, 2.24) is 10.6 Å². The highest BCUT2D eigenvalue weighted by Gasteiger charge is 2.13. The lowest BCUT2D eigenvalue weighted by Gasteiger charge is -2.23. The van der Waals surface area contributed by atoms with Gasteiger partial charge in [-0.25, -0.2) is 0 Å². The van der Waals surface area contributed by atoms with E-state index >= 15 is 0 Å². The molecule has 0 heterocycles. The molecule has 2 unspecified atom stereocenters. The number of nitrogens with one attached hydrogen (secondary N) is 2. The molecule has 0 aliphatic rings. The third-order valence-corrected chi connectivity index (χ3v) is 3.78. The van der Waals surface area contributed by atoms with Crippen molar-refractivity contribution in [2.45, 2.75) is 32.9 Å². The smallest absolute Gasteiger partial charge is 0.191 e. The van der Waals surface area contributed by atoms with Crippen LogP contribution in [0.1, 0.15) is 32.4 Å². The normalized spacial score (nSPS) is 14.9. The molecular weight excluding hydrogens is 286 g/mol. The van der Waals surface area contributed by atoms with Crippen LogP contribution < -0.4 is 10.6 Å². The molecule has 0 saturated carbocycles. The SMILES string of the molecule is CN=C(NCC(OC)c1cccc(Cl)c1)NC(C)C(C)C. The van der Waals surface area contributed by atoms with Crippen LogP contribution in [0.2, 0.25) is 5.02 Å². The van der Waals surface area contributed by atoms with Crippen LogP contribution in [0.3, 0.4) is 0 Å². The maximum absolute atomic E-state index is 6.03. The van der Waals surface area contributed by atoms with Gasteiger partial charge in [0.1, 0.15) is 0 Å². The molecule has 1 rings (SSSR count). The molecule has 5 heteroatoms. The minimum atomic E-state index is -0.0726. The van der Waals surface area contributed by atoms with Crippen molar-refractivity contribution in [2.75, 3.05) is 20.7 Å². The summed E-state index contributed by atoms with van der Waals surface area (Å²) < 4.78 is 5.53. The second-order valence-corrected chi connectivity index (χ2v) is 5.85. The van der Waals surface area contributed by atoms with Crippen molar-refractivity contribution in [3.05, 3.63) is 34.9 Å². The van der Waals surface area contributed by atoms with Gasteiger partial charge in [-0.1, -0.05) is 37.6 Å². The van der Waals surface area contributed by atoms with Gasteiger partial charge >= 0.3 is 0 Å². The molecule has 0 aromatic heterocycles. The molecule has 0 radical (unpaired) electrons. The van der Waals surface area contributed by atoms with Crippen molar-refractivity contribution in [3.8, 4) is 0 Å². The molecule has 0 aliphatic carbocycles. The van der Waals surface area contributed by atoms with E-state index in [0.717, 1.165) is 11.5 Å². The topological polar surface area (TPSA) is 45.7 Å². The van der Waals surface area contributed by atoms with Gasteiger partial charge in [-0.2, -0.15) is 0 Å². The van der Waals surface area contributed by atoms with E-state index < -0.39 is 0 Å². The molecule has 0 fully saturated rings. The Hall–Kier alpha value is -1.26. The van der Waals surface area contributed by atoms with E-state index in [0.29, 0.717) is 23.5 Å². The largest absolute Gasteiger partial charge is 0.375 e. The van der Waals surface area contributed by atoms with Crippen LogP contribution in [0.15, 0.2) is 29.3 Å². The first kappa shape index (κ1) is 17.8. The summed E-state index contributed by atoms with van der Waals surface area (Å²) in [5.74, 6) is 1.31. The number of aliphatic imine (C=N–C) groups is 1. The fraction of sp³-hybridized carbons (Fsp3) is 0.562. The van der Waals surface area contributed by atoms with Crippen molar-refractivity contribution in [1.29, 1.82) is 0 Å².